The number of nitrogens with one attached hydrogen (secondary N) is 4. The van der Waals surface area contributed by atoms with Crippen LogP contribution in [-0.2, 0) is 19.6 Å². The molecular weight excluding hydrogens is 389 g/mol. The number of carbonyl (C=O) groups excluding carboxylic acids is 1. The summed E-state index contributed by atoms with van der Waals surface area (Å²) in [6, 6.07) is 0. The fraction of sp³-hybridized carbons (Fsp3) is 0.308. The van der Waals surface area contributed by atoms with Gasteiger partial charge < -0.3 is 21.5 Å². The van der Waals surface area contributed by atoms with Crippen LogP contribution in [-0.4, -0.2) is 43.5 Å². The lowest BCUT2D eigenvalue weighted by molar-refractivity contribution is -0.133. The number of halogens is 1. The van der Waals surface area contributed by atoms with Gasteiger partial charge in [-0.25, -0.2) is 17.6 Å². The summed E-state index contributed by atoms with van der Waals surface area (Å²) in [5, 5.41) is 18.6. The molecule has 0 aromatic carbocycles. The van der Waals surface area contributed by atoms with E-state index in [-0.39, 0.29) is 12.1 Å². The molecule has 0 saturated heterocycles. The van der Waals surface area contributed by atoms with Crippen molar-refractivity contribution < 1.29 is 27.5 Å². The van der Waals surface area contributed by atoms with E-state index in [0.717, 1.165) is 12.2 Å². The van der Waals surface area contributed by atoms with Gasteiger partial charge in [0, 0.05) is 7.05 Å². The van der Waals surface area contributed by atoms with Crippen molar-refractivity contribution in [3.8, 4) is 0 Å². The first-order chi connectivity index (χ1) is 12.0. The van der Waals surface area contributed by atoms with Crippen LogP contribution in [0.2, 0.25) is 0 Å². The minimum absolute atomic E-state index is 0.179. The number of carboxylic acid groups (broad SMARTS) is 1. The third-order valence-corrected chi connectivity index (χ3v) is 5.21. The molecule has 7 N–H and O–H groups in total. The van der Waals surface area contributed by atoms with Crippen molar-refractivity contribution in [1.29, 1.82) is 5.41 Å². The number of likely N-dealkylation sites (N-methyl/N-ethyl adjacent to an activating group) is 1. The monoisotopic (exact) mass is 407 g/mol. The van der Waals surface area contributed by atoms with Gasteiger partial charge in [0.25, 0.3) is 0 Å². The minimum Gasteiger partial charge on any atom is -0.477 e. The predicted octanol–water partition coefficient (Wildman–Crippen LogP) is -0.739. The molecule has 0 aliphatic heterocycles. The highest BCUT2D eigenvalue weighted by molar-refractivity contribution is 7.92. The van der Waals surface area contributed by atoms with E-state index in [1.807, 2.05) is 4.72 Å². The maximum Gasteiger partial charge on any atom is 0.354 e. The van der Waals surface area contributed by atoms with Crippen molar-refractivity contribution >= 4 is 40.4 Å². The predicted molar refractivity (Wildman–Crippen MR) is 95.1 cm³/mol. The van der Waals surface area contributed by atoms with Crippen LogP contribution in [0, 0.1) is 5.41 Å². The van der Waals surface area contributed by atoms with Crippen molar-refractivity contribution in [2.45, 2.75) is 18.1 Å². The van der Waals surface area contributed by atoms with Crippen molar-refractivity contribution in [3.05, 3.63) is 34.4 Å². The molecule has 1 aliphatic rings. The van der Waals surface area contributed by atoms with Gasteiger partial charge in [-0.3, -0.25) is 14.9 Å². The minimum atomic E-state index is -4.19. The lowest BCUT2D eigenvalue weighted by atomic mass is 10.1. The van der Waals surface area contributed by atoms with Crippen LogP contribution in [0.1, 0.15) is 12.8 Å². The molecule has 0 fully saturated rings. The average molecular weight is 407 g/mol. The second-order valence-corrected chi connectivity index (χ2v) is 7.43. The summed E-state index contributed by atoms with van der Waals surface area (Å²) in [4.78, 5) is 22.4. The van der Waals surface area contributed by atoms with Gasteiger partial charge in [-0.2, -0.15) is 0 Å². The van der Waals surface area contributed by atoms with E-state index in [2.05, 4.69) is 23.3 Å². The van der Waals surface area contributed by atoms with Crippen LogP contribution in [0.4, 0.5) is 4.39 Å². The highest BCUT2D eigenvalue weighted by Gasteiger charge is 2.29. The normalized spacial score (nSPS) is 18.0. The summed E-state index contributed by atoms with van der Waals surface area (Å²) in [6.45, 7) is 0. The molecule has 1 unspecified atom stereocenters. The molecule has 13 heteroatoms. The number of nitrogens with two attached hydrogens (primary N) is 1. The molecule has 26 heavy (non-hydrogen) atoms. The Kier molecular flexibility index (Phi) is 7.20. The summed E-state index contributed by atoms with van der Waals surface area (Å²) in [6.07, 6.45) is 1.33. The first kappa shape index (κ1) is 21.5. The molecule has 1 aliphatic carbocycles. The van der Waals surface area contributed by atoms with Crippen molar-refractivity contribution in [2.75, 3.05) is 7.05 Å². The van der Waals surface area contributed by atoms with Gasteiger partial charge in [0.05, 0.1) is 12.1 Å². The number of aliphatic carboxylic acids is 1. The van der Waals surface area contributed by atoms with Crippen LogP contribution in [0.15, 0.2) is 34.4 Å². The van der Waals surface area contributed by atoms with Crippen LogP contribution >= 0.6 is 12.6 Å². The average Bonchev–Trinajstić information content (AvgIpc) is 2.48. The Hall–Kier alpha value is -2.54. The number of carboxylic acids is 1. The van der Waals surface area contributed by atoms with Gasteiger partial charge in [-0.15, -0.1) is 12.6 Å². The highest BCUT2D eigenvalue weighted by Crippen LogP contribution is 2.23. The Bertz CT molecular complexity index is 819. The quantitative estimate of drug-likeness (QED) is 0.120. The molecule has 0 aromatic heterocycles. The fourth-order valence-corrected chi connectivity index (χ4v) is 3.70. The molecule has 1 amide bonds. The molecule has 1 atom stereocenters. The molecule has 144 valence electrons. The fourth-order valence-electron chi connectivity index (χ4n) is 1.93. The molecular formula is C13H18FN5O5S2. The van der Waals surface area contributed by atoms with Crippen LogP contribution < -0.4 is 21.1 Å². The van der Waals surface area contributed by atoms with E-state index in [0.29, 0.717) is 0 Å². The summed E-state index contributed by atoms with van der Waals surface area (Å²) in [5.74, 6) is -3.53. The van der Waals surface area contributed by atoms with Gasteiger partial charge in [0.2, 0.25) is 15.9 Å². The zero-order valence-electron chi connectivity index (χ0n) is 13.5. The molecule has 0 radical (unpaired) electrons. The van der Waals surface area contributed by atoms with Crippen LogP contribution in [0.25, 0.3) is 0 Å². The number of hydrogen-bond donors (Lipinski definition) is 7. The van der Waals surface area contributed by atoms with Gasteiger partial charge in [-0.1, -0.05) is 6.08 Å². The first-order valence-corrected chi connectivity index (χ1v) is 9.03. The third kappa shape index (κ3) is 5.77. The Labute approximate surface area is 154 Å². The number of allylic oxidation sites excluding steroid dienone is 2. The SMILES string of the molecule is CN/C(C(=O)O)=C(\S)NS(=O)(=O)C1C=C(F)C(NC(=O)CC(=N)N)=CC1. The standard InChI is InChI=1S/C13H18FN5O5S2/c1-17-11(13(21)22)12(25)19-26(23,24)6-2-3-8(7(14)4-6)18-10(20)5-9(15)16/h3-4,6,17,19,25H,2,5H2,1H3,(H3,15,16)(H,18,20)(H,21,22)/b12-11-. The number of sulfonamides is 1. The first-order valence-electron chi connectivity index (χ1n) is 7.04. The maximum absolute atomic E-state index is 14.1. The zero-order valence-corrected chi connectivity index (χ0v) is 15.2. The number of amides is 1. The molecule has 0 heterocycles. The molecule has 0 bridgehead atoms. The summed E-state index contributed by atoms with van der Waals surface area (Å²) < 4.78 is 40.6. The Balaban J connectivity index is 2.92. The highest BCUT2D eigenvalue weighted by atomic mass is 32.2. The van der Waals surface area contributed by atoms with E-state index in [1.54, 1.807) is 0 Å². The van der Waals surface area contributed by atoms with E-state index in [1.165, 1.54) is 7.05 Å². The Morgan fingerprint density at radius 1 is 1.50 bits per heavy atom. The number of rotatable bonds is 8. The van der Waals surface area contributed by atoms with Gasteiger partial charge in [-0.05, 0) is 12.5 Å². The van der Waals surface area contributed by atoms with Gasteiger partial charge >= 0.3 is 5.97 Å². The second kappa shape index (κ2) is 8.71. The van der Waals surface area contributed by atoms with Crippen molar-refractivity contribution in [1.82, 2.24) is 15.4 Å². The lowest BCUT2D eigenvalue weighted by Gasteiger charge is -2.20. The van der Waals surface area contributed by atoms with E-state index in [4.69, 9.17) is 16.2 Å². The number of hydrogen-bond acceptors (Lipinski definition) is 7. The number of thiol groups is 1. The molecule has 0 spiro atoms. The van der Waals surface area contributed by atoms with Gasteiger partial charge in [0.1, 0.15) is 21.9 Å². The number of carbonyl (C=O) groups is 2. The topological polar surface area (TPSA) is 174 Å². The van der Waals surface area contributed by atoms with E-state index >= 15 is 0 Å². The van der Waals surface area contributed by atoms with Crippen molar-refractivity contribution in [2.24, 2.45) is 5.73 Å². The summed E-state index contributed by atoms with van der Waals surface area (Å²) >= 11 is 3.80. The number of amidine groups is 1. The smallest absolute Gasteiger partial charge is 0.354 e. The largest absolute Gasteiger partial charge is 0.477 e. The van der Waals surface area contributed by atoms with Crippen LogP contribution in [0.5, 0.6) is 0 Å². The second-order valence-electron chi connectivity index (χ2n) is 5.08. The molecule has 0 saturated carbocycles. The molecule has 1 rings (SSSR count). The Morgan fingerprint density at radius 3 is 2.58 bits per heavy atom. The zero-order chi connectivity index (χ0) is 20.1. The Morgan fingerprint density at radius 2 is 2.12 bits per heavy atom. The van der Waals surface area contributed by atoms with Crippen molar-refractivity contribution in [3.63, 3.8) is 0 Å². The maximum atomic E-state index is 14.1. The third-order valence-electron chi connectivity index (χ3n) is 3.11. The van der Waals surface area contributed by atoms with Crippen LogP contribution in [0.3, 0.4) is 0 Å². The molecule has 0 aromatic rings. The van der Waals surface area contributed by atoms with E-state index in [9.17, 15) is 22.4 Å². The molecule has 10 nitrogen and oxygen atoms in total. The van der Waals surface area contributed by atoms with E-state index < -0.39 is 56.0 Å². The summed E-state index contributed by atoms with van der Waals surface area (Å²) in [5.41, 5.74) is 4.35. The summed E-state index contributed by atoms with van der Waals surface area (Å²) in [7, 11) is -2.92. The lowest BCUT2D eigenvalue weighted by Crippen LogP contribution is -2.36. The van der Waals surface area contributed by atoms with Gasteiger partial charge in [0.15, 0.2) is 5.70 Å².